The predicted molar refractivity (Wildman–Crippen MR) is 213 cm³/mol. The first-order chi connectivity index (χ1) is 25.7. The van der Waals surface area contributed by atoms with E-state index < -0.39 is 0 Å². The van der Waals surface area contributed by atoms with Gasteiger partial charge in [-0.2, -0.15) is 4.98 Å². The van der Waals surface area contributed by atoms with Gasteiger partial charge in [0.2, 0.25) is 5.71 Å². The van der Waals surface area contributed by atoms with Crippen LogP contribution < -0.4 is 4.90 Å². The van der Waals surface area contributed by atoms with Gasteiger partial charge < -0.3 is 13.9 Å². The summed E-state index contributed by atoms with van der Waals surface area (Å²) >= 11 is 0. The lowest BCUT2D eigenvalue weighted by Crippen LogP contribution is -2.41. The molecule has 3 aromatic heterocycles. The number of benzene rings is 6. The lowest BCUT2D eigenvalue weighted by Gasteiger charge is -2.39. The van der Waals surface area contributed by atoms with Gasteiger partial charge in [0, 0.05) is 55.8 Å². The fourth-order valence-corrected chi connectivity index (χ4v) is 8.74. The van der Waals surface area contributed by atoms with Crippen LogP contribution in [0.5, 0.6) is 0 Å². The van der Waals surface area contributed by atoms with Gasteiger partial charge in [-0.1, -0.05) is 115 Å². The van der Waals surface area contributed by atoms with Crippen LogP contribution in [0.3, 0.4) is 0 Å². The minimum atomic E-state index is -0.249. The first kappa shape index (κ1) is 29.1. The molecule has 0 bridgehead atoms. The number of aromatic nitrogens is 3. The Kier molecular flexibility index (Phi) is 6.08. The van der Waals surface area contributed by atoms with Crippen LogP contribution >= 0.6 is 0 Å². The van der Waals surface area contributed by atoms with Crippen LogP contribution in [0, 0.1) is 0 Å². The van der Waals surface area contributed by atoms with Gasteiger partial charge in [0.05, 0.1) is 27.7 Å². The second-order valence-corrected chi connectivity index (χ2v) is 14.0. The van der Waals surface area contributed by atoms with Crippen molar-refractivity contribution in [3.63, 3.8) is 0 Å². The maximum atomic E-state index is 6.32. The lowest BCUT2D eigenvalue weighted by molar-refractivity contribution is 0.543. The molecular weight excluding hydrogens is 637 g/mol. The van der Waals surface area contributed by atoms with Crippen molar-refractivity contribution in [3.05, 3.63) is 175 Å². The molecule has 0 spiro atoms. The fraction of sp³-hybridized carbons (Fsp3) is 0.0638. The van der Waals surface area contributed by atoms with E-state index in [4.69, 9.17) is 14.4 Å². The average molecular weight is 669 g/mol. The van der Waals surface area contributed by atoms with E-state index in [1.54, 1.807) is 0 Å². The molecule has 0 amide bonds. The van der Waals surface area contributed by atoms with E-state index in [1.807, 2.05) is 36.4 Å². The van der Waals surface area contributed by atoms with E-state index >= 15 is 0 Å². The summed E-state index contributed by atoms with van der Waals surface area (Å²) in [5.74, 6) is 0.799. The zero-order valence-corrected chi connectivity index (χ0v) is 28.4. The van der Waals surface area contributed by atoms with E-state index in [2.05, 4.69) is 150 Å². The Morgan fingerprint density at radius 2 is 1.35 bits per heavy atom. The van der Waals surface area contributed by atoms with Crippen LogP contribution in [-0.4, -0.2) is 20.1 Å². The Labute approximate surface area is 300 Å². The van der Waals surface area contributed by atoms with E-state index in [-0.39, 0.29) is 11.5 Å². The number of hydrogen-bond donors (Lipinski definition) is 0. The van der Waals surface area contributed by atoms with Gasteiger partial charge in [0.25, 0.3) is 0 Å². The highest BCUT2D eigenvalue weighted by Gasteiger charge is 2.48. The van der Waals surface area contributed by atoms with E-state index in [0.717, 1.165) is 38.9 Å². The molecule has 0 fully saturated rings. The summed E-state index contributed by atoms with van der Waals surface area (Å²) in [6, 6.07) is 51.3. The van der Waals surface area contributed by atoms with Crippen LogP contribution in [0.15, 0.2) is 174 Å². The van der Waals surface area contributed by atoms with E-state index in [9.17, 15) is 0 Å². The normalized spacial score (nSPS) is 17.8. The van der Waals surface area contributed by atoms with Crippen molar-refractivity contribution in [2.45, 2.75) is 18.4 Å². The maximum absolute atomic E-state index is 6.32. The molecule has 2 atom stereocenters. The van der Waals surface area contributed by atoms with Crippen molar-refractivity contribution in [1.29, 1.82) is 0 Å². The second-order valence-electron chi connectivity index (χ2n) is 14.0. The number of anilines is 2. The molecule has 2 unspecified atom stereocenters. The van der Waals surface area contributed by atoms with Crippen molar-refractivity contribution in [3.8, 4) is 28.3 Å². The number of rotatable bonds is 4. The van der Waals surface area contributed by atoms with Crippen molar-refractivity contribution < 1.29 is 4.42 Å². The topological polar surface area (TPSA) is 47.1 Å². The quantitative estimate of drug-likeness (QED) is 0.187. The molecule has 246 valence electrons. The molecule has 4 heterocycles. The Morgan fingerprint density at radius 3 is 2.17 bits per heavy atom. The summed E-state index contributed by atoms with van der Waals surface area (Å²) in [6.45, 7) is 2.36. The van der Waals surface area contributed by atoms with Crippen LogP contribution in [0.25, 0.3) is 72.2 Å². The molecule has 1 aliphatic carbocycles. The third-order valence-corrected chi connectivity index (χ3v) is 11.0. The van der Waals surface area contributed by atoms with Crippen molar-refractivity contribution in [1.82, 2.24) is 14.5 Å². The zero-order chi connectivity index (χ0) is 34.4. The summed E-state index contributed by atoms with van der Waals surface area (Å²) in [4.78, 5) is 12.7. The van der Waals surface area contributed by atoms with Crippen LogP contribution in [0.2, 0.25) is 0 Å². The molecule has 11 rings (SSSR count). The molecule has 2 aliphatic rings. The average Bonchev–Trinajstić information content (AvgIpc) is 3.83. The molecular formula is C47H32N4O. The summed E-state index contributed by atoms with van der Waals surface area (Å²) in [6.07, 6.45) is 9.13. The van der Waals surface area contributed by atoms with Crippen molar-refractivity contribution in [2.75, 3.05) is 4.90 Å². The number of para-hydroxylation sites is 3. The Morgan fingerprint density at radius 1 is 0.615 bits per heavy atom. The van der Waals surface area contributed by atoms with Crippen molar-refractivity contribution >= 4 is 55.2 Å². The maximum Gasteiger partial charge on any atom is 0.231 e. The zero-order valence-electron chi connectivity index (χ0n) is 28.4. The van der Waals surface area contributed by atoms with Gasteiger partial charge in [0.15, 0.2) is 5.82 Å². The van der Waals surface area contributed by atoms with Gasteiger partial charge >= 0.3 is 0 Å². The lowest BCUT2D eigenvalue weighted by atomic mass is 9.80. The Bertz CT molecular complexity index is 2920. The molecule has 0 saturated carbocycles. The van der Waals surface area contributed by atoms with Crippen molar-refractivity contribution in [2.24, 2.45) is 0 Å². The molecule has 5 nitrogen and oxygen atoms in total. The third-order valence-electron chi connectivity index (χ3n) is 11.0. The minimum absolute atomic E-state index is 0.166. The first-order valence-corrected chi connectivity index (χ1v) is 17.8. The first-order valence-electron chi connectivity index (χ1n) is 17.8. The number of allylic oxidation sites excluding steroid dienone is 2. The van der Waals surface area contributed by atoms with Crippen LogP contribution in [0.4, 0.5) is 11.4 Å². The van der Waals surface area contributed by atoms with Crippen LogP contribution in [-0.2, 0) is 0 Å². The smallest absolute Gasteiger partial charge is 0.231 e. The number of furan rings is 1. The standard InChI is InChI=1S/C47H32N4O/c1-47-29-13-12-20-37(47)42-39(51(47)33-16-6-3-7-17-33)28-27-35-34-18-8-10-21-38(34)50(44(35)42)32-25-23-31(24-26-32)45-48-43(30-14-4-2-5-15-30)41-36-19-9-11-22-40(36)52-46(41)49-45/h2-29,37H,1H3. The van der Waals surface area contributed by atoms with Gasteiger partial charge in [-0.3, -0.25) is 0 Å². The largest absolute Gasteiger partial charge is 0.438 e. The molecule has 1 aliphatic heterocycles. The third kappa shape index (κ3) is 4.05. The number of fused-ring (bicyclic) bond motifs is 10. The summed E-state index contributed by atoms with van der Waals surface area (Å²) in [5.41, 5.74) is 11.3. The predicted octanol–water partition coefficient (Wildman–Crippen LogP) is 11.9. The molecule has 0 saturated heterocycles. The molecule has 6 aromatic carbocycles. The molecule has 52 heavy (non-hydrogen) atoms. The Balaban J connectivity index is 1.12. The molecule has 9 aromatic rings. The monoisotopic (exact) mass is 668 g/mol. The molecule has 5 heteroatoms. The van der Waals surface area contributed by atoms with Gasteiger partial charge in [-0.15, -0.1) is 0 Å². The highest BCUT2D eigenvalue weighted by Crippen LogP contribution is 2.57. The Hall–Kier alpha value is -6.72. The number of nitrogens with zero attached hydrogens (tertiary/aromatic N) is 4. The van der Waals surface area contributed by atoms with Gasteiger partial charge in [-0.25, -0.2) is 4.98 Å². The van der Waals surface area contributed by atoms with Gasteiger partial charge in [-0.05, 0) is 61.5 Å². The van der Waals surface area contributed by atoms with E-state index in [0.29, 0.717) is 11.5 Å². The second kappa shape index (κ2) is 10.9. The minimum Gasteiger partial charge on any atom is -0.438 e. The SMILES string of the molecule is CC12C=CC=CC1c1c(ccc3c4ccccc4n(-c4ccc(-c5nc(-c6ccccc6)c6c(n5)oc5ccccc56)cc4)c13)N2c1ccccc1. The highest BCUT2D eigenvalue weighted by atomic mass is 16.3. The highest BCUT2D eigenvalue weighted by molar-refractivity contribution is 6.13. The number of hydrogen-bond acceptors (Lipinski definition) is 4. The summed E-state index contributed by atoms with van der Waals surface area (Å²) in [5, 5.41) is 4.45. The van der Waals surface area contributed by atoms with Gasteiger partial charge in [0.1, 0.15) is 5.58 Å². The fourth-order valence-electron chi connectivity index (χ4n) is 8.74. The van der Waals surface area contributed by atoms with E-state index in [1.165, 1.54) is 38.7 Å². The molecule has 0 N–H and O–H groups in total. The summed E-state index contributed by atoms with van der Waals surface area (Å²) in [7, 11) is 0. The van der Waals surface area contributed by atoms with Crippen LogP contribution in [0.1, 0.15) is 18.4 Å². The molecule has 0 radical (unpaired) electrons. The summed E-state index contributed by atoms with van der Waals surface area (Å²) < 4.78 is 8.77.